The van der Waals surface area contributed by atoms with Crippen LogP contribution in [-0.4, -0.2) is 54.8 Å². The summed E-state index contributed by atoms with van der Waals surface area (Å²) in [6.45, 7) is 4.36. The molecule has 0 atom stereocenters. The standard InChI is InChI=1S/C24H24BrN3O4S/c1-2-16-3-6-18(7-4-16)26-24-27-23(30)21(33-24)14-17-5-8-20(19(25)13-17)32-15-22(29)28-9-11-31-12-10-28/h3-8,13-14H,2,9-12,15H2,1H3,(H,26,27,30)/b21-14-. The lowest BCUT2D eigenvalue weighted by Gasteiger charge is -2.26. The summed E-state index contributed by atoms with van der Waals surface area (Å²) in [6, 6.07) is 13.4. The van der Waals surface area contributed by atoms with Crippen molar-refractivity contribution in [3.8, 4) is 5.75 Å². The van der Waals surface area contributed by atoms with E-state index in [4.69, 9.17) is 9.47 Å². The van der Waals surface area contributed by atoms with Gasteiger partial charge in [0, 0.05) is 13.1 Å². The van der Waals surface area contributed by atoms with Crippen LogP contribution in [0.5, 0.6) is 5.75 Å². The molecule has 4 rings (SSSR count). The first-order valence-electron chi connectivity index (χ1n) is 10.7. The normalized spacial score (nSPS) is 18.6. The van der Waals surface area contributed by atoms with Gasteiger partial charge in [0.1, 0.15) is 5.75 Å². The van der Waals surface area contributed by atoms with E-state index in [0.29, 0.717) is 46.6 Å². The lowest BCUT2D eigenvalue weighted by atomic mass is 10.2. The highest BCUT2D eigenvalue weighted by molar-refractivity contribution is 9.10. The number of nitrogens with zero attached hydrogens (tertiary/aromatic N) is 2. The second-order valence-electron chi connectivity index (χ2n) is 7.47. The zero-order valence-electron chi connectivity index (χ0n) is 18.2. The molecule has 2 aromatic carbocycles. The molecule has 2 aromatic rings. The maximum Gasteiger partial charge on any atom is 0.264 e. The van der Waals surface area contributed by atoms with Crippen molar-refractivity contribution < 1.29 is 19.1 Å². The number of carbonyl (C=O) groups excluding carboxylic acids is 2. The van der Waals surface area contributed by atoms with E-state index >= 15 is 0 Å². The summed E-state index contributed by atoms with van der Waals surface area (Å²) < 4.78 is 11.7. The molecule has 0 radical (unpaired) electrons. The molecule has 0 aromatic heterocycles. The number of thioether (sulfide) groups is 1. The van der Waals surface area contributed by atoms with Crippen molar-refractivity contribution in [2.45, 2.75) is 13.3 Å². The number of aliphatic imine (C=N–C) groups is 1. The fourth-order valence-corrected chi connectivity index (χ4v) is 4.68. The van der Waals surface area contributed by atoms with Crippen molar-refractivity contribution in [1.29, 1.82) is 0 Å². The number of nitrogens with one attached hydrogen (secondary N) is 1. The fraction of sp³-hybridized carbons (Fsp3) is 0.292. The zero-order chi connectivity index (χ0) is 23.2. The molecule has 2 fully saturated rings. The van der Waals surface area contributed by atoms with Gasteiger partial charge in [-0.1, -0.05) is 25.1 Å². The Kier molecular flexibility index (Phi) is 7.85. The minimum absolute atomic E-state index is 0.0314. The Morgan fingerprint density at radius 3 is 2.70 bits per heavy atom. The van der Waals surface area contributed by atoms with Gasteiger partial charge in [0.25, 0.3) is 11.8 Å². The molecule has 0 saturated carbocycles. The van der Waals surface area contributed by atoms with E-state index < -0.39 is 0 Å². The summed E-state index contributed by atoms with van der Waals surface area (Å²) in [5.74, 6) is 0.322. The largest absolute Gasteiger partial charge is 0.483 e. The summed E-state index contributed by atoms with van der Waals surface area (Å²) in [6.07, 6.45) is 2.77. The number of morpholine rings is 1. The summed E-state index contributed by atoms with van der Waals surface area (Å²) in [7, 11) is 0. The first-order chi connectivity index (χ1) is 16.0. The van der Waals surface area contributed by atoms with Crippen molar-refractivity contribution in [2.75, 3.05) is 32.9 Å². The SMILES string of the molecule is CCc1ccc(N=C2NC(=O)/C(=C/c3ccc(OCC(=O)N4CCOCC4)c(Br)c3)S2)cc1. The highest BCUT2D eigenvalue weighted by Gasteiger charge is 2.24. The molecule has 2 saturated heterocycles. The maximum absolute atomic E-state index is 12.4. The maximum atomic E-state index is 12.4. The summed E-state index contributed by atoms with van der Waals surface area (Å²) >= 11 is 4.80. The van der Waals surface area contributed by atoms with Crippen LogP contribution in [0.3, 0.4) is 0 Å². The Balaban J connectivity index is 1.39. The Hall–Kier alpha value is -2.62. The second-order valence-corrected chi connectivity index (χ2v) is 9.36. The number of amides is 2. The molecule has 2 aliphatic rings. The molecule has 2 heterocycles. The van der Waals surface area contributed by atoms with E-state index in [1.807, 2.05) is 36.4 Å². The number of benzene rings is 2. The molecule has 1 N–H and O–H groups in total. The molecule has 0 unspecified atom stereocenters. The van der Waals surface area contributed by atoms with Gasteiger partial charge in [-0.15, -0.1) is 0 Å². The lowest BCUT2D eigenvalue weighted by Crippen LogP contribution is -2.43. The first kappa shape index (κ1) is 23.5. The monoisotopic (exact) mass is 529 g/mol. The van der Waals surface area contributed by atoms with E-state index in [9.17, 15) is 9.59 Å². The number of halogens is 1. The average Bonchev–Trinajstić information content (AvgIpc) is 3.17. The zero-order valence-corrected chi connectivity index (χ0v) is 20.6. The molecule has 7 nitrogen and oxygen atoms in total. The van der Waals surface area contributed by atoms with E-state index in [1.54, 1.807) is 17.0 Å². The van der Waals surface area contributed by atoms with Gasteiger partial charge < -0.3 is 19.7 Å². The number of hydrogen-bond donors (Lipinski definition) is 1. The van der Waals surface area contributed by atoms with Crippen LogP contribution in [0.25, 0.3) is 6.08 Å². The summed E-state index contributed by atoms with van der Waals surface area (Å²) in [5, 5.41) is 3.36. The van der Waals surface area contributed by atoms with Gasteiger partial charge in [-0.2, -0.15) is 0 Å². The van der Waals surface area contributed by atoms with Gasteiger partial charge in [-0.25, -0.2) is 4.99 Å². The van der Waals surface area contributed by atoms with Crippen LogP contribution in [0.2, 0.25) is 0 Å². The van der Waals surface area contributed by atoms with E-state index in [0.717, 1.165) is 17.7 Å². The fourth-order valence-electron chi connectivity index (χ4n) is 3.32. The Morgan fingerprint density at radius 1 is 1.24 bits per heavy atom. The van der Waals surface area contributed by atoms with Crippen molar-refractivity contribution in [3.63, 3.8) is 0 Å². The highest BCUT2D eigenvalue weighted by Crippen LogP contribution is 2.31. The van der Waals surface area contributed by atoms with Crippen molar-refractivity contribution >= 4 is 56.4 Å². The van der Waals surface area contributed by atoms with E-state index in [1.165, 1.54) is 17.3 Å². The molecule has 0 bridgehead atoms. The van der Waals surface area contributed by atoms with Crippen LogP contribution in [0, 0.1) is 0 Å². The van der Waals surface area contributed by atoms with Crippen LogP contribution in [-0.2, 0) is 20.7 Å². The minimum Gasteiger partial charge on any atom is -0.483 e. The van der Waals surface area contributed by atoms with Crippen LogP contribution >= 0.6 is 27.7 Å². The number of hydrogen-bond acceptors (Lipinski definition) is 6. The van der Waals surface area contributed by atoms with Gasteiger partial charge in [0.15, 0.2) is 11.8 Å². The van der Waals surface area contributed by atoms with Gasteiger partial charge >= 0.3 is 0 Å². The predicted molar refractivity (Wildman–Crippen MR) is 134 cm³/mol. The van der Waals surface area contributed by atoms with Crippen LogP contribution < -0.4 is 10.1 Å². The first-order valence-corrected chi connectivity index (χ1v) is 12.3. The Bertz CT molecular complexity index is 1100. The van der Waals surface area contributed by atoms with Crippen LogP contribution in [0.1, 0.15) is 18.1 Å². The number of amidine groups is 1. The highest BCUT2D eigenvalue weighted by atomic mass is 79.9. The molecule has 33 heavy (non-hydrogen) atoms. The third kappa shape index (κ3) is 6.25. The molecule has 172 valence electrons. The topological polar surface area (TPSA) is 80.2 Å². The number of rotatable bonds is 6. The molecule has 2 aliphatic heterocycles. The van der Waals surface area contributed by atoms with Gasteiger partial charge in [0.05, 0.1) is 28.3 Å². The smallest absolute Gasteiger partial charge is 0.264 e. The molecule has 0 spiro atoms. The minimum atomic E-state index is -0.184. The number of aryl methyl sites for hydroxylation is 1. The summed E-state index contributed by atoms with van der Waals surface area (Å²) in [4.78, 5) is 31.5. The predicted octanol–water partition coefficient (Wildman–Crippen LogP) is 4.14. The van der Waals surface area contributed by atoms with Gasteiger partial charge in [-0.3, -0.25) is 9.59 Å². The van der Waals surface area contributed by atoms with E-state index in [2.05, 4.69) is 33.2 Å². The van der Waals surface area contributed by atoms with Crippen molar-refractivity contribution in [1.82, 2.24) is 10.2 Å². The third-order valence-corrected chi connectivity index (χ3v) is 6.72. The second kappa shape index (κ2) is 11.0. The van der Waals surface area contributed by atoms with Crippen molar-refractivity contribution in [3.05, 3.63) is 63.0 Å². The van der Waals surface area contributed by atoms with Crippen molar-refractivity contribution in [2.24, 2.45) is 4.99 Å². The number of carbonyl (C=O) groups is 2. The molecule has 9 heteroatoms. The molecular formula is C24H24BrN3O4S. The molecule has 2 amide bonds. The average molecular weight is 530 g/mol. The van der Waals surface area contributed by atoms with Gasteiger partial charge in [0.2, 0.25) is 0 Å². The molecule has 0 aliphatic carbocycles. The van der Waals surface area contributed by atoms with Crippen LogP contribution in [0.4, 0.5) is 5.69 Å². The Morgan fingerprint density at radius 2 is 2.00 bits per heavy atom. The summed E-state index contributed by atoms with van der Waals surface area (Å²) in [5.41, 5.74) is 2.87. The molecular weight excluding hydrogens is 506 g/mol. The quantitative estimate of drug-likeness (QED) is 0.568. The lowest BCUT2D eigenvalue weighted by molar-refractivity contribution is -0.137. The Labute approximate surface area is 205 Å². The number of ether oxygens (including phenoxy) is 2. The van der Waals surface area contributed by atoms with Gasteiger partial charge in [-0.05, 0) is 75.6 Å². The third-order valence-electron chi connectivity index (χ3n) is 5.19. The van der Waals surface area contributed by atoms with E-state index in [-0.39, 0.29) is 18.4 Å². The van der Waals surface area contributed by atoms with Crippen LogP contribution in [0.15, 0.2) is 56.8 Å².